The zero-order valence-corrected chi connectivity index (χ0v) is 13.5. The third-order valence-electron chi connectivity index (χ3n) is 3.77. The van der Waals surface area contributed by atoms with Crippen LogP contribution in [0.3, 0.4) is 0 Å². The highest BCUT2D eigenvalue weighted by molar-refractivity contribution is 5.93. The normalized spacial score (nSPS) is 10.6. The van der Waals surface area contributed by atoms with Crippen LogP contribution in [0, 0.1) is 0 Å². The lowest BCUT2D eigenvalue weighted by molar-refractivity contribution is 0.364. The van der Waals surface area contributed by atoms with E-state index in [-0.39, 0.29) is 33.6 Å². The van der Waals surface area contributed by atoms with Gasteiger partial charge in [0.1, 0.15) is 23.1 Å². The van der Waals surface area contributed by atoms with Gasteiger partial charge in [0.15, 0.2) is 11.3 Å². The Morgan fingerprint density at radius 1 is 1.00 bits per heavy atom. The first-order valence-electron chi connectivity index (χ1n) is 7.14. The second-order valence-corrected chi connectivity index (χ2v) is 5.04. The van der Waals surface area contributed by atoms with Gasteiger partial charge in [0.2, 0.25) is 11.2 Å². The summed E-state index contributed by atoms with van der Waals surface area (Å²) in [4.78, 5) is 12.9. The maximum Gasteiger partial charge on any atom is 0.204 e. The fourth-order valence-electron chi connectivity index (χ4n) is 2.57. The number of rotatable bonds is 4. The van der Waals surface area contributed by atoms with E-state index in [1.807, 2.05) is 0 Å². The van der Waals surface area contributed by atoms with Crippen molar-refractivity contribution >= 4 is 11.0 Å². The minimum absolute atomic E-state index is 0.0872. The smallest absolute Gasteiger partial charge is 0.204 e. The van der Waals surface area contributed by atoms with Gasteiger partial charge < -0.3 is 23.7 Å². The van der Waals surface area contributed by atoms with Gasteiger partial charge in [-0.1, -0.05) is 12.1 Å². The SMILES string of the molecule is COc1ccc(-c2coc3c(OC)c(O)cc(OC)c3c2=O)cc1. The minimum Gasteiger partial charge on any atom is -0.504 e. The van der Waals surface area contributed by atoms with Crippen molar-refractivity contribution in [2.24, 2.45) is 0 Å². The number of hydrogen-bond donors (Lipinski definition) is 1. The number of methoxy groups -OCH3 is 3. The first-order valence-corrected chi connectivity index (χ1v) is 7.14. The third kappa shape index (κ3) is 2.42. The number of benzene rings is 2. The molecule has 0 atom stereocenters. The summed E-state index contributed by atoms with van der Waals surface area (Å²) in [5.41, 5.74) is 0.907. The van der Waals surface area contributed by atoms with Gasteiger partial charge in [0.25, 0.3) is 0 Å². The third-order valence-corrected chi connectivity index (χ3v) is 3.77. The summed E-state index contributed by atoms with van der Waals surface area (Å²) in [6, 6.07) is 8.37. The molecule has 0 spiro atoms. The molecule has 6 heteroatoms. The lowest BCUT2D eigenvalue weighted by Crippen LogP contribution is -2.07. The van der Waals surface area contributed by atoms with Gasteiger partial charge in [-0.25, -0.2) is 0 Å². The second kappa shape index (κ2) is 6.16. The first-order chi connectivity index (χ1) is 11.6. The molecule has 0 saturated carbocycles. The van der Waals surface area contributed by atoms with E-state index >= 15 is 0 Å². The Hall–Kier alpha value is -3.15. The van der Waals surface area contributed by atoms with Crippen LogP contribution >= 0.6 is 0 Å². The van der Waals surface area contributed by atoms with Crippen molar-refractivity contribution in [1.29, 1.82) is 0 Å². The van der Waals surface area contributed by atoms with Crippen molar-refractivity contribution in [2.45, 2.75) is 0 Å². The largest absolute Gasteiger partial charge is 0.504 e. The molecule has 0 radical (unpaired) electrons. The number of fused-ring (bicyclic) bond motifs is 1. The van der Waals surface area contributed by atoms with Gasteiger partial charge in [0, 0.05) is 6.07 Å². The molecule has 2 aromatic carbocycles. The fourth-order valence-corrected chi connectivity index (χ4v) is 2.57. The maximum atomic E-state index is 12.9. The monoisotopic (exact) mass is 328 g/mol. The molecule has 1 heterocycles. The zero-order chi connectivity index (χ0) is 17.3. The van der Waals surface area contributed by atoms with Crippen LogP contribution in [0.1, 0.15) is 0 Å². The van der Waals surface area contributed by atoms with E-state index in [9.17, 15) is 9.90 Å². The summed E-state index contributed by atoms with van der Waals surface area (Å²) in [5, 5.41) is 10.2. The Bertz CT molecular complexity index is 940. The van der Waals surface area contributed by atoms with Gasteiger partial charge in [-0.15, -0.1) is 0 Å². The number of phenols is 1. The Labute approximate surface area is 137 Å². The van der Waals surface area contributed by atoms with Crippen LogP contribution in [0.15, 0.2) is 45.8 Å². The summed E-state index contributed by atoms with van der Waals surface area (Å²) < 4.78 is 21.1. The molecule has 0 amide bonds. The van der Waals surface area contributed by atoms with Crippen molar-refractivity contribution in [1.82, 2.24) is 0 Å². The summed E-state index contributed by atoms with van der Waals surface area (Å²) in [7, 11) is 4.38. The van der Waals surface area contributed by atoms with E-state index < -0.39 is 0 Å². The van der Waals surface area contributed by atoms with Gasteiger partial charge >= 0.3 is 0 Å². The van der Waals surface area contributed by atoms with E-state index in [0.717, 1.165) is 0 Å². The number of hydrogen-bond acceptors (Lipinski definition) is 6. The van der Waals surface area contributed by atoms with Crippen molar-refractivity contribution in [3.63, 3.8) is 0 Å². The Kier molecular flexibility index (Phi) is 4.04. The van der Waals surface area contributed by atoms with E-state index in [0.29, 0.717) is 16.9 Å². The van der Waals surface area contributed by atoms with E-state index in [2.05, 4.69) is 0 Å². The molecule has 1 aromatic heterocycles. The summed E-state index contributed by atoms with van der Waals surface area (Å²) in [5.74, 6) is 0.826. The van der Waals surface area contributed by atoms with Crippen molar-refractivity contribution < 1.29 is 23.7 Å². The van der Waals surface area contributed by atoms with Crippen LogP contribution in [0.5, 0.6) is 23.0 Å². The Morgan fingerprint density at radius 2 is 1.71 bits per heavy atom. The number of phenolic OH excluding ortho intramolecular Hbond substituents is 1. The molecular weight excluding hydrogens is 312 g/mol. The van der Waals surface area contributed by atoms with Gasteiger partial charge in [-0.05, 0) is 17.7 Å². The number of aromatic hydroxyl groups is 1. The topological polar surface area (TPSA) is 78.1 Å². The predicted molar refractivity (Wildman–Crippen MR) is 89.2 cm³/mol. The number of ether oxygens (including phenoxy) is 3. The van der Waals surface area contributed by atoms with Crippen LogP contribution in [0.25, 0.3) is 22.1 Å². The average molecular weight is 328 g/mol. The molecule has 0 bridgehead atoms. The Morgan fingerprint density at radius 3 is 2.29 bits per heavy atom. The lowest BCUT2D eigenvalue weighted by Gasteiger charge is -2.11. The molecule has 0 unspecified atom stereocenters. The second-order valence-electron chi connectivity index (χ2n) is 5.04. The molecule has 0 aliphatic heterocycles. The molecule has 3 aromatic rings. The molecule has 0 fully saturated rings. The standard InChI is InChI=1S/C18H16O6/c1-21-11-6-4-10(5-7-11)12-9-24-18-15(16(12)20)14(22-2)8-13(19)17(18)23-3/h4-9,19H,1-3H3. The molecule has 3 rings (SSSR count). The molecular formula is C18H16O6. The zero-order valence-electron chi connectivity index (χ0n) is 13.5. The average Bonchev–Trinajstić information content (AvgIpc) is 2.61. The minimum atomic E-state index is -0.281. The molecule has 1 N–H and O–H groups in total. The van der Waals surface area contributed by atoms with E-state index in [1.54, 1.807) is 31.4 Å². The molecule has 0 saturated heterocycles. The first kappa shape index (κ1) is 15.7. The Balaban J connectivity index is 2.30. The van der Waals surface area contributed by atoms with Gasteiger partial charge in [0.05, 0.1) is 26.9 Å². The van der Waals surface area contributed by atoms with Crippen LogP contribution in [-0.2, 0) is 0 Å². The maximum absolute atomic E-state index is 12.9. The van der Waals surface area contributed by atoms with Crippen molar-refractivity contribution in [2.75, 3.05) is 21.3 Å². The summed E-state index contributed by atoms with van der Waals surface area (Å²) in [6.07, 6.45) is 1.34. The van der Waals surface area contributed by atoms with Crippen LogP contribution < -0.4 is 19.6 Å². The van der Waals surface area contributed by atoms with Crippen LogP contribution in [-0.4, -0.2) is 26.4 Å². The van der Waals surface area contributed by atoms with E-state index in [1.165, 1.54) is 26.5 Å². The lowest BCUT2D eigenvalue weighted by atomic mass is 10.0. The molecule has 24 heavy (non-hydrogen) atoms. The highest BCUT2D eigenvalue weighted by Crippen LogP contribution is 2.40. The fraction of sp³-hybridized carbons (Fsp3) is 0.167. The highest BCUT2D eigenvalue weighted by atomic mass is 16.5. The molecule has 0 aliphatic carbocycles. The molecule has 6 nitrogen and oxygen atoms in total. The van der Waals surface area contributed by atoms with Crippen LogP contribution in [0.4, 0.5) is 0 Å². The highest BCUT2D eigenvalue weighted by Gasteiger charge is 2.20. The van der Waals surface area contributed by atoms with Crippen molar-refractivity contribution in [3.8, 4) is 34.1 Å². The van der Waals surface area contributed by atoms with E-state index in [4.69, 9.17) is 18.6 Å². The quantitative estimate of drug-likeness (QED) is 0.792. The van der Waals surface area contributed by atoms with Gasteiger partial charge in [-0.2, -0.15) is 0 Å². The summed E-state index contributed by atoms with van der Waals surface area (Å²) >= 11 is 0. The molecule has 124 valence electrons. The van der Waals surface area contributed by atoms with Crippen LogP contribution in [0.2, 0.25) is 0 Å². The van der Waals surface area contributed by atoms with Gasteiger partial charge in [-0.3, -0.25) is 4.79 Å². The summed E-state index contributed by atoms with van der Waals surface area (Å²) in [6.45, 7) is 0. The predicted octanol–water partition coefficient (Wildman–Crippen LogP) is 3.19. The van der Waals surface area contributed by atoms with Crippen molar-refractivity contribution in [3.05, 3.63) is 46.8 Å². The molecule has 0 aliphatic rings.